The van der Waals surface area contributed by atoms with E-state index in [1.54, 1.807) is 0 Å². The maximum Gasteiger partial charge on any atom is 0.143 e. The fourth-order valence-corrected chi connectivity index (χ4v) is 2.79. The summed E-state index contributed by atoms with van der Waals surface area (Å²) in [5, 5.41) is 19.0. The van der Waals surface area contributed by atoms with Crippen LogP contribution in [0.15, 0.2) is 29.3 Å². The van der Waals surface area contributed by atoms with Gasteiger partial charge in [0.2, 0.25) is 0 Å². The molecule has 0 unspecified atom stereocenters. The number of unbranched alkanes of at least 4 members (excludes halogenated alkanes) is 1. The standard InChI is InChI=1S/C17H17BN4S/c18-8-2-1-3-11-4-6-12(7-5-11)15-13(9-19)16(21)22-17(23)14(15)10-20/h4-7H,1-3,8,18H2,(H3,21,22,23). The maximum absolute atomic E-state index is 9.38. The third kappa shape index (κ3) is 3.67. The first-order valence-electron chi connectivity index (χ1n) is 7.54. The van der Waals surface area contributed by atoms with Crippen molar-refractivity contribution in [3.05, 3.63) is 41.0 Å². The van der Waals surface area contributed by atoms with Crippen LogP contribution >= 0.6 is 12.6 Å². The van der Waals surface area contributed by atoms with Gasteiger partial charge in [-0.2, -0.15) is 10.5 Å². The molecule has 0 amide bonds. The summed E-state index contributed by atoms with van der Waals surface area (Å²) in [6, 6.07) is 12.0. The number of hydrogen-bond acceptors (Lipinski definition) is 5. The highest BCUT2D eigenvalue weighted by Crippen LogP contribution is 2.33. The third-order valence-electron chi connectivity index (χ3n) is 3.74. The van der Waals surface area contributed by atoms with Crippen LogP contribution in [0, 0.1) is 22.7 Å². The van der Waals surface area contributed by atoms with Crippen molar-refractivity contribution in [3.63, 3.8) is 0 Å². The van der Waals surface area contributed by atoms with Crippen LogP contribution in [0.25, 0.3) is 11.1 Å². The van der Waals surface area contributed by atoms with Gasteiger partial charge in [0.25, 0.3) is 0 Å². The number of nitrogens with zero attached hydrogens (tertiary/aromatic N) is 3. The molecule has 0 saturated carbocycles. The van der Waals surface area contributed by atoms with Crippen molar-refractivity contribution in [3.8, 4) is 23.3 Å². The van der Waals surface area contributed by atoms with Gasteiger partial charge in [0.15, 0.2) is 0 Å². The Morgan fingerprint density at radius 2 is 1.74 bits per heavy atom. The number of nitrogen functional groups attached to an aromatic ring is 1. The zero-order valence-corrected chi connectivity index (χ0v) is 13.9. The highest BCUT2D eigenvalue weighted by atomic mass is 32.1. The van der Waals surface area contributed by atoms with Crippen LogP contribution in [0.1, 0.15) is 29.5 Å². The van der Waals surface area contributed by atoms with Gasteiger partial charge in [-0.05, 0) is 24.0 Å². The van der Waals surface area contributed by atoms with E-state index in [9.17, 15) is 10.5 Å². The number of benzene rings is 1. The summed E-state index contributed by atoms with van der Waals surface area (Å²) in [6.45, 7) is 0. The van der Waals surface area contributed by atoms with E-state index in [1.165, 1.54) is 18.3 Å². The zero-order valence-electron chi connectivity index (χ0n) is 13.0. The molecule has 1 heterocycles. The number of rotatable bonds is 5. The lowest BCUT2D eigenvalue weighted by Gasteiger charge is -2.11. The SMILES string of the molecule is BCCCCc1ccc(-c2c(C#N)c(N)nc(S)c2C#N)cc1. The van der Waals surface area contributed by atoms with Gasteiger partial charge in [0.1, 0.15) is 36.4 Å². The number of nitriles is 2. The normalized spacial score (nSPS) is 10.0. The van der Waals surface area contributed by atoms with Crippen molar-refractivity contribution in [2.45, 2.75) is 30.6 Å². The van der Waals surface area contributed by atoms with Crippen LogP contribution in [0.2, 0.25) is 6.32 Å². The number of thiol groups is 1. The average molecular weight is 320 g/mol. The summed E-state index contributed by atoms with van der Waals surface area (Å²) in [5.41, 5.74) is 8.84. The highest BCUT2D eigenvalue weighted by Gasteiger charge is 2.18. The second-order valence-electron chi connectivity index (χ2n) is 5.32. The number of aromatic nitrogens is 1. The molecule has 1 aromatic carbocycles. The van der Waals surface area contributed by atoms with Gasteiger partial charge in [-0.3, -0.25) is 0 Å². The van der Waals surface area contributed by atoms with E-state index < -0.39 is 0 Å². The molecule has 0 aliphatic rings. The van der Waals surface area contributed by atoms with Crippen LogP contribution in [0.4, 0.5) is 5.82 Å². The Labute approximate surface area is 142 Å². The summed E-state index contributed by atoms with van der Waals surface area (Å²) in [5.74, 6) is 0.0959. The van der Waals surface area contributed by atoms with Crippen LogP contribution in [-0.2, 0) is 6.42 Å². The van der Waals surface area contributed by atoms with Gasteiger partial charge in [-0.25, -0.2) is 4.98 Å². The van der Waals surface area contributed by atoms with E-state index in [-0.39, 0.29) is 22.0 Å². The number of anilines is 1. The molecule has 6 heteroatoms. The van der Waals surface area contributed by atoms with Gasteiger partial charge in [-0.1, -0.05) is 37.0 Å². The fourth-order valence-electron chi connectivity index (χ4n) is 2.52. The first kappa shape index (κ1) is 16.9. The largest absolute Gasteiger partial charge is 0.383 e. The topological polar surface area (TPSA) is 86.5 Å². The lowest BCUT2D eigenvalue weighted by molar-refractivity contribution is 0.794. The number of hydrogen-bond donors (Lipinski definition) is 2. The number of pyridine rings is 1. The molecule has 0 fully saturated rings. The molecule has 2 N–H and O–H groups in total. The summed E-state index contributed by atoms with van der Waals surface area (Å²) >= 11 is 4.21. The molecule has 2 rings (SSSR count). The lowest BCUT2D eigenvalue weighted by atomic mass is 9.94. The van der Waals surface area contributed by atoms with E-state index in [0.29, 0.717) is 5.56 Å². The van der Waals surface area contributed by atoms with Gasteiger partial charge >= 0.3 is 0 Å². The Morgan fingerprint density at radius 1 is 1.09 bits per heavy atom. The van der Waals surface area contributed by atoms with Crippen molar-refractivity contribution in [2.24, 2.45) is 0 Å². The predicted molar refractivity (Wildman–Crippen MR) is 97.1 cm³/mol. The first-order valence-corrected chi connectivity index (χ1v) is 7.99. The minimum absolute atomic E-state index is 0.0959. The van der Waals surface area contributed by atoms with Crippen molar-refractivity contribution < 1.29 is 0 Å². The monoisotopic (exact) mass is 320 g/mol. The Bertz CT molecular complexity index is 750. The minimum atomic E-state index is 0.0959. The second-order valence-corrected chi connectivity index (χ2v) is 5.75. The van der Waals surface area contributed by atoms with Crippen molar-refractivity contribution >= 4 is 26.3 Å². The zero-order chi connectivity index (χ0) is 16.8. The highest BCUT2D eigenvalue weighted by molar-refractivity contribution is 7.80. The summed E-state index contributed by atoms with van der Waals surface area (Å²) in [6.07, 6.45) is 4.59. The molecule has 0 aliphatic heterocycles. The Morgan fingerprint density at radius 3 is 2.30 bits per heavy atom. The second kappa shape index (κ2) is 7.71. The molecular formula is C17H17BN4S. The maximum atomic E-state index is 9.38. The fraction of sp³-hybridized carbons (Fsp3) is 0.235. The molecule has 23 heavy (non-hydrogen) atoms. The molecule has 1 aromatic heterocycles. The lowest BCUT2D eigenvalue weighted by Crippen LogP contribution is -2.02. The van der Waals surface area contributed by atoms with Crippen molar-refractivity contribution in [1.29, 1.82) is 10.5 Å². The molecule has 4 nitrogen and oxygen atoms in total. The van der Waals surface area contributed by atoms with Crippen molar-refractivity contribution in [2.75, 3.05) is 5.73 Å². The predicted octanol–water partition coefficient (Wildman–Crippen LogP) is 2.74. The van der Waals surface area contributed by atoms with Gasteiger partial charge < -0.3 is 5.73 Å². The van der Waals surface area contributed by atoms with Crippen LogP contribution in [0.5, 0.6) is 0 Å². The third-order valence-corrected chi connectivity index (χ3v) is 4.06. The molecule has 0 bridgehead atoms. The Hall–Kier alpha value is -2.44. The van der Waals surface area contributed by atoms with E-state index in [4.69, 9.17) is 5.73 Å². The van der Waals surface area contributed by atoms with Gasteiger partial charge in [0.05, 0.1) is 5.56 Å². The number of nitrogens with two attached hydrogens (primary N) is 1. The van der Waals surface area contributed by atoms with E-state index in [2.05, 4.69) is 31.5 Å². The number of aryl methyl sites for hydroxylation is 1. The van der Waals surface area contributed by atoms with E-state index in [1.807, 2.05) is 30.3 Å². The Kier molecular flexibility index (Phi) is 5.68. The van der Waals surface area contributed by atoms with Crippen LogP contribution in [-0.4, -0.2) is 12.8 Å². The molecular weight excluding hydrogens is 303 g/mol. The minimum Gasteiger partial charge on any atom is -0.383 e. The van der Waals surface area contributed by atoms with E-state index in [0.717, 1.165) is 18.4 Å². The molecule has 2 aromatic rings. The molecule has 0 radical (unpaired) electrons. The summed E-state index contributed by atoms with van der Waals surface area (Å²) in [7, 11) is 2.18. The summed E-state index contributed by atoms with van der Waals surface area (Å²) in [4.78, 5) is 3.97. The molecule has 0 saturated heterocycles. The molecule has 0 spiro atoms. The quantitative estimate of drug-likeness (QED) is 0.504. The molecule has 114 valence electrons. The average Bonchev–Trinajstić information content (AvgIpc) is 2.55. The Balaban J connectivity index is 2.46. The van der Waals surface area contributed by atoms with Crippen LogP contribution in [0.3, 0.4) is 0 Å². The van der Waals surface area contributed by atoms with Crippen molar-refractivity contribution in [1.82, 2.24) is 4.98 Å². The van der Waals surface area contributed by atoms with Gasteiger partial charge in [0, 0.05) is 5.56 Å². The smallest absolute Gasteiger partial charge is 0.143 e. The van der Waals surface area contributed by atoms with Gasteiger partial charge in [-0.15, -0.1) is 12.6 Å². The molecule has 0 atom stereocenters. The summed E-state index contributed by atoms with van der Waals surface area (Å²) < 4.78 is 0. The van der Waals surface area contributed by atoms with E-state index >= 15 is 0 Å². The van der Waals surface area contributed by atoms with Crippen LogP contribution < -0.4 is 5.73 Å². The first-order chi connectivity index (χ1) is 11.1. The molecule has 0 aliphatic carbocycles.